The van der Waals surface area contributed by atoms with E-state index in [4.69, 9.17) is 14.6 Å². The second-order valence-electron chi connectivity index (χ2n) is 5.17. The average molecular weight is 315 g/mol. The Kier molecular flexibility index (Phi) is 5.60. The highest BCUT2D eigenvalue weighted by molar-refractivity contribution is 5.73. The van der Waals surface area contributed by atoms with Gasteiger partial charge in [-0.05, 0) is 35.7 Å². The third-order valence-corrected chi connectivity index (χ3v) is 3.66. The summed E-state index contributed by atoms with van der Waals surface area (Å²) >= 11 is 0. The van der Waals surface area contributed by atoms with Gasteiger partial charge in [-0.1, -0.05) is 30.3 Å². The monoisotopic (exact) mass is 315 g/mol. The molecule has 2 rings (SSSR count). The number of carboxylic acid groups (broad SMARTS) is 1. The lowest BCUT2D eigenvalue weighted by atomic mass is 9.98. The molecule has 23 heavy (non-hydrogen) atoms. The number of carbonyl (C=O) groups is 1. The summed E-state index contributed by atoms with van der Waals surface area (Å²) in [5, 5.41) is 12.0. The first-order chi connectivity index (χ1) is 11.1. The predicted octanol–water partition coefficient (Wildman–Crippen LogP) is 2.93. The Morgan fingerprint density at radius 2 is 1.74 bits per heavy atom. The van der Waals surface area contributed by atoms with Gasteiger partial charge in [0.15, 0.2) is 11.5 Å². The van der Waals surface area contributed by atoms with Crippen molar-refractivity contribution in [3.63, 3.8) is 0 Å². The fraction of sp³-hybridized carbons (Fsp3) is 0.278. The molecule has 5 nitrogen and oxygen atoms in total. The molecule has 0 fully saturated rings. The van der Waals surface area contributed by atoms with E-state index in [-0.39, 0.29) is 0 Å². The molecule has 1 unspecified atom stereocenters. The topological polar surface area (TPSA) is 67.8 Å². The van der Waals surface area contributed by atoms with Gasteiger partial charge in [0.25, 0.3) is 0 Å². The zero-order valence-corrected chi connectivity index (χ0v) is 13.5. The number of hydrogen-bond acceptors (Lipinski definition) is 4. The number of nitrogens with one attached hydrogen (secondary N) is 1. The lowest BCUT2D eigenvalue weighted by molar-refractivity contribution is -0.139. The highest BCUT2D eigenvalue weighted by atomic mass is 16.5. The van der Waals surface area contributed by atoms with Gasteiger partial charge in [-0.2, -0.15) is 0 Å². The van der Waals surface area contributed by atoms with E-state index < -0.39 is 12.0 Å². The molecule has 2 N–H and O–H groups in total. The van der Waals surface area contributed by atoms with Crippen LogP contribution in [0.15, 0.2) is 42.5 Å². The second kappa shape index (κ2) is 7.65. The lowest BCUT2D eigenvalue weighted by Crippen LogP contribution is -2.33. The van der Waals surface area contributed by atoms with Crippen LogP contribution in [-0.2, 0) is 11.3 Å². The second-order valence-corrected chi connectivity index (χ2v) is 5.17. The van der Waals surface area contributed by atoms with Crippen molar-refractivity contribution in [2.75, 3.05) is 14.2 Å². The van der Waals surface area contributed by atoms with Gasteiger partial charge in [-0.25, -0.2) is 0 Å². The van der Waals surface area contributed by atoms with Gasteiger partial charge < -0.3 is 19.9 Å². The summed E-state index contributed by atoms with van der Waals surface area (Å²) in [6, 6.07) is 13.0. The van der Waals surface area contributed by atoms with Crippen LogP contribution in [0.2, 0.25) is 0 Å². The number of rotatable bonds is 7. The van der Waals surface area contributed by atoms with E-state index in [0.29, 0.717) is 18.0 Å². The number of ether oxygens (including phenoxy) is 2. The van der Waals surface area contributed by atoms with Crippen molar-refractivity contribution in [3.8, 4) is 22.6 Å². The molecule has 5 heteroatoms. The highest BCUT2D eigenvalue weighted by Gasteiger charge is 2.15. The van der Waals surface area contributed by atoms with Gasteiger partial charge in [-0.3, -0.25) is 4.79 Å². The maximum absolute atomic E-state index is 11.0. The molecular formula is C18H21NO4. The van der Waals surface area contributed by atoms with E-state index in [1.54, 1.807) is 21.1 Å². The highest BCUT2D eigenvalue weighted by Crippen LogP contribution is 2.35. The minimum atomic E-state index is -0.883. The van der Waals surface area contributed by atoms with Gasteiger partial charge in [-0.15, -0.1) is 0 Å². The molecule has 0 saturated heterocycles. The van der Waals surface area contributed by atoms with Gasteiger partial charge in [0, 0.05) is 6.54 Å². The Morgan fingerprint density at radius 1 is 1.13 bits per heavy atom. The Balaban J connectivity index is 2.43. The molecule has 0 aliphatic carbocycles. The summed E-state index contributed by atoms with van der Waals surface area (Å²) in [5.41, 5.74) is 2.96. The standard InChI is InChI=1S/C18H21NO4/c1-12(18(20)21)19-11-14-9-16(22-2)17(23-3)10-15(14)13-7-5-4-6-8-13/h4-10,12,19H,11H2,1-3H3,(H,20,21). The Labute approximate surface area is 135 Å². The van der Waals surface area contributed by atoms with Crippen LogP contribution in [0.1, 0.15) is 12.5 Å². The van der Waals surface area contributed by atoms with Crippen LogP contribution in [0, 0.1) is 0 Å². The smallest absolute Gasteiger partial charge is 0.320 e. The molecular weight excluding hydrogens is 294 g/mol. The van der Waals surface area contributed by atoms with Gasteiger partial charge in [0.05, 0.1) is 14.2 Å². The third kappa shape index (κ3) is 4.02. The fourth-order valence-corrected chi connectivity index (χ4v) is 2.30. The molecule has 0 bridgehead atoms. The van der Waals surface area contributed by atoms with Gasteiger partial charge in [0.1, 0.15) is 6.04 Å². The quantitative estimate of drug-likeness (QED) is 0.822. The molecule has 0 saturated carbocycles. The molecule has 0 heterocycles. The Hall–Kier alpha value is -2.53. The first kappa shape index (κ1) is 16.8. The van der Waals surface area contributed by atoms with Crippen LogP contribution in [0.4, 0.5) is 0 Å². The number of carboxylic acids is 1. The minimum Gasteiger partial charge on any atom is -0.493 e. The van der Waals surface area contributed by atoms with Gasteiger partial charge in [0.2, 0.25) is 0 Å². The van der Waals surface area contributed by atoms with Crippen molar-refractivity contribution < 1.29 is 19.4 Å². The minimum absolute atomic E-state index is 0.415. The summed E-state index contributed by atoms with van der Waals surface area (Å²) in [5.74, 6) is 0.375. The van der Waals surface area contributed by atoms with Crippen molar-refractivity contribution >= 4 is 5.97 Å². The van der Waals surface area contributed by atoms with Crippen LogP contribution in [0.25, 0.3) is 11.1 Å². The van der Waals surface area contributed by atoms with Crippen LogP contribution >= 0.6 is 0 Å². The fourth-order valence-electron chi connectivity index (χ4n) is 2.30. The predicted molar refractivity (Wildman–Crippen MR) is 88.9 cm³/mol. The first-order valence-electron chi connectivity index (χ1n) is 7.33. The van der Waals surface area contributed by atoms with Crippen molar-refractivity contribution in [3.05, 3.63) is 48.0 Å². The molecule has 0 spiro atoms. The van der Waals surface area contributed by atoms with E-state index in [0.717, 1.165) is 16.7 Å². The summed E-state index contributed by atoms with van der Waals surface area (Å²) < 4.78 is 10.7. The lowest BCUT2D eigenvalue weighted by Gasteiger charge is -2.17. The van der Waals surface area contributed by atoms with E-state index in [2.05, 4.69) is 5.32 Å². The van der Waals surface area contributed by atoms with Gasteiger partial charge >= 0.3 is 5.97 Å². The molecule has 0 amide bonds. The van der Waals surface area contributed by atoms with Crippen LogP contribution in [-0.4, -0.2) is 31.3 Å². The summed E-state index contributed by atoms with van der Waals surface area (Å²) in [6.45, 7) is 2.03. The first-order valence-corrected chi connectivity index (χ1v) is 7.33. The van der Waals surface area contributed by atoms with Crippen molar-refractivity contribution in [2.24, 2.45) is 0 Å². The molecule has 0 aromatic heterocycles. The van der Waals surface area contributed by atoms with E-state index in [1.807, 2.05) is 42.5 Å². The molecule has 2 aromatic rings. The maximum Gasteiger partial charge on any atom is 0.320 e. The molecule has 0 radical (unpaired) electrons. The average Bonchev–Trinajstić information content (AvgIpc) is 2.59. The number of aliphatic carboxylic acids is 1. The third-order valence-electron chi connectivity index (χ3n) is 3.66. The van der Waals surface area contributed by atoms with Crippen LogP contribution < -0.4 is 14.8 Å². The zero-order valence-electron chi connectivity index (χ0n) is 13.5. The van der Waals surface area contributed by atoms with Crippen LogP contribution in [0.5, 0.6) is 11.5 Å². The van der Waals surface area contributed by atoms with Crippen molar-refractivity contribution in [1.29, 1.82) is 0 Å². The number of methoxy groups -OCH3 is 2. The SMILES string of the molecule is COc1cc(CNC(C)C(=O)O)c(-c2ccccc2)cc1OC. The summed E-state index contributed by atoms with van der Waals surface area (Å²) in [7, 11) is 3.17. The summed E-state index contributed by atoms with van der Waals surface area (Å²) in [4.78, 5) is 11.0. The Morgan fingerprint density at radius 3 is 2.30 bits per heavy atom. The molecule has 0 aliphatic heterocycles. The Bertz CT molecular complexity index is 670. The van der Waals surface area contributed by atoms with Crippen LogP contribution in [0.3, 0.4) is 0 Å². The van der Waals surface area contributed by atoms with Crippen molar-refractivity contribution in [2.45, 2.75) is 19.5 Å². The molecule has 1 atom stereocenters. The van der Waals surface area contributed by atoms with E-state index in [9.17, 15) is 4.79 Å². The normalized spacial score (nSPS) is 11.8. The largest absolute Gasteiger partial charge is 0.493 e. The zero-order chi connectivity index (χ0) is 16.8. The maximum atomic E-state index is 11.0. The van der Waals surface area contributed by atoms with E-state index >= 15 is 0 Å². The molecule has 122 valence electrons. The number of hydrogen-bond donors (Lipinski definition) is 2. The van der Waals surface area contributed by atoms with Crippen molar-refractivity contribution in [1.82, 2.24) is 5.32 Å². The molecule has 2 aromatic carbocycles. The number of benzene rings is 2. The molecule has 0 aliphatic rings. The van der Waals surface area contributed by atoms with E-state index in [1.165, 1.54) is 0 Å². The summed E-state index contributed by atoms with van der Waals surface area (Å²) in [6.07, 6.45) is 0.